The molecule has 2 saturated carbocycles. The first-order valence-electron chi connectivity index (χ1n) is 10.0. The fourth-order valence-corrected chi connectivity index (χ4v) is 3.97. The molecule has 0 spiro atoms. The van der Waals surface area contributed by atoms with Crippen molar-refractivity contribution < 1.29 is 9.59 Å². The summed E-state index contributed by atoms with van der Waals surface area (Å²) in [6.45, 7) is 2.10. The lowest BCUT2D eigenvalue weighted by Gasteiger charge is -2.25. The molecule has 146 valence electrons. The van der Waals surface area contributed by atoms with Crippen LogP contribution >= 0.6 is 0 Å². The minimum absolute atomic E-state index is 0.0120. The SMILES string of the molecule is CN(C(=O)c1ccc(-c2cccnc2)cc1)[C@@H]1CC[C@H](C(=O)NC2(C)CC2)C1. The molecule has 0 aliphatic heterocycles. The zero-order valence-electron chi connectivity index (χ0n) is 16.5. The minimum Gasteiger partial charge on any atom is -0.351 e. The third-order valence-electron chi connectivity index (χ3n) is 6.20. The fourth-order valence-electron chi connectivity index (χ4n) is 3.97. The maximum atomic E-state index is 12.9. The van der Waals surface area contributed by atoms with E-state index < -0.39 is 0 Å². The lowest BCUT2D eigenvalue weighted by molar-refractivity contribution is -0.125. The van der Waals surface area contributed by atoms with E-state index in [0.29, 0.717) is 5.56 Å². The maximum Gasteiger partial charge on any atom is 0.253 e. The molecule has 2 aromatic rings. The molecule has 2 aliphatic rings. The molecule has 1 aromatic carbocycles. The second-order valence-electron chi connectivity index (χ2n) is 8.45. The molecule has 2 fully saturated rings. The van der Waals surface area contributed by atoms with Crippen molar-refractivity contribution in [2.24, 2.45) is 5.92 Å². The highest BCUT2D eigenvalue weighted by Gasteiger charge is 2.42. The van der Waals surface area contributed by atoms with Crippen molar-refractivity contribution in [3.63, 3.8) is 0 Å². The molecule has 2 amide bonds. The van der Waals surface area contributed by atoms with Crippen LogP contribution in [-0.4, -0.2) is 40.3 Å². The van der Waals surface area contributed by atoms with Crippen LogP contribution in [0.2, 0.25) is 0 Å². The number of nitrogens with one attached hydrogen (secondary N) is 1. The summed E-state index contributed by atoms with van der Waals surface area (Å²) in [7, 11) is 1.85. The standard InChI is InChI=1S/C23H27N3O2/c1-23(11-12-23)25-21(27)18-9-10-20(14-18)26(2)22(28)17-7-5-16(6-8-17)19-4-3-13-24-15-19/h3-8,13,15,18,20H,9-12,14H2,1-2H3,(H,25,27)/t18-,20+/m0/s1. The average molecular weight is 377 g/mol. The highest BCUT2D eigenvalue weighted by molar-refractivity contribution is 5.95. The molecule has 4 rings (SSSR count). The van der Waals surface area contributed by atoms with Crippen LogP contribution in [0, 0.1) is 5.92 Å². The van der Waals surface area contributed by atoms with Crippen LogP contribution < -0.4 is 5.32 Å². The summed E-state index contributed by atoms with van der Waals surface area (Å²) in [6, 6.07) is 11.7. The van der Waals surface area contributed by atoms with Gasteiger partial charge < -0.3 is 10.2 Å². The highest BCUT2D eigenvalue weighted by Crippen LogP contribution is 2.36. The Labute approximate surface area is 166 Å². The third-order valence-corrected chi connectivity index (χ3v) is 6.20. The number of carbonyl (C=O) groups is 2. The molecule has 0 saturated heterocycles. The molecule has 5 heteroatoms. The Kier molecular flexibility index (Phi) is 4.92. The van der Waals surface area contributed by atoms with E-state index in [4.69, 9.17) is 0 Å². The Hall–Kier alpha value is -2.69. The summed E-state index contributed by atoms with van der Waals surface area (Å²) in [4.78, 5) is 31.3. The number of carbonyl (C=O) groups excluding carboxylic acids is 2. The van der Waals surface area contributed by atoms with Crippen molar-refractivity contribution in [1.29, 1.82) is 0 Å². The molecule has 2 aliphatic carbocycles. The summed E-state index contributed by atoms with van der Waals surface area (Å²) < 4.78 is 0. The Morgan fingerprint density at radius 3 is 2.50 bits per heavy atom. The lowest BCUT2D eigenvalue weighted by atomic mass is 10.0. The second-order valence-corrected chi connectivity index (χ2v) is 8.45. The number of amides is 2. The van der Waals surface area contributed by atoms with E-state index in [2.05, 4.69) is 17.2 Å². The van der Waals surface area contributed by atoms with Crippen molar-refractivity contribution in [3.8, 4) is 11.1 Å². The quantitative estimate of drug-likeness (QED) is 0.865. The van der Waals surface area contributed by atoms with Gasteiger partial charge in [0.1, 0.15) is 0 Å². The van der Waals surface area contributed by atoms with E-state index in [1.807, 2.05) is 54.5 Å². The van der Waals surface area contributed by atoms with Gasteiger partial charge in [0.2, 0.25) is 5.91 Å². The predicted molar refractivity (Wildman–Crippen MR) is 109 cm³/mol. The van der Waals surface area contributed by atoms with Gasteiger partial charge >= 0.3 is 0 Å². The molecule has 0 bridgehead atoms. The van der Waals surface area contributed by atoms with Gasteiger partial charge in [-0.1, -0.05) is 18.2 Å². The van der Waals surface area contributed by atoms with Crippen molar-refractivity contribution in [1.82, 2.24) is 15.2 Å². The summed E-state index contributed by atoms with van der Waals surface area (Å²) in [5, 5.41) is 3.17. The van der Waals surface area contributed by atoms with Gasteiger partial charge in [-0.05, 0) is 68.4 Å². The average Bonchev–Trinajstić information content (AvgIpc) is 3.24. The molecule has 0 unspecified atom stereocenters. The van der Waals surface area contributed by atoms with Gasteiger partial charge in [0.15, 0.2) is 0 Å². The van der Waals surface area contributed by atoms with E-state index in [1.165, 1.54) is 0 Å². The lowest BCUT2D eigenvalue weighted by Crippen LogP contribution is -2.39. The van der Waals surface area contributed by atoms with Gasteiger partial charge in [0.05, 0.1) is 0 Å². The Balaban J connectivity index is 1.37. The van der Waals surface area contributed by atoms with E-state index in [1.54, 1.807) is 6.20 Å². The molecule has 0 radical (unpaired) electrons. The van der Waals surface area contributed by atoms with Crippen LogP contribution in [0.25, 0.3) is 11.1 Å². The normalized spacial score (nSPS) is 22.5. The first-order chi connectivity index (χ1) is 13.5. The van der Waals surface area contributed by atoms with Crippen molar-refractivity contribution in [2.75, 3.05) is 7.05 Å². The van der Waals surface area contributed by atoms with Crippen molar-refractivity contribution in [3.05, 3.63) is 54.4 Å². The van der Waals surface area contributed by atoms with Gasteiger partial charge in [-0.25, -0.2) is 0 Å². The fraction of sp³-hybridized carbons (Fsp3) is 0.435. The summed E-state index contributed by atoms with van der Waals surface area (Å²) in [5.74, 6) is 0.188. The largest absolute Gasteiger partial charge is 0.351 e. The zero-order chi connectivity index (χ0) is 19.7. The molecular weight excluding hydrogens is 350 g/mol. The smallest absolute Gasteiger partial charge is 0.253 e. The van der Waals surface area contributed by atoms with E-state index in [9.17, 15) is 9.59 Å². The van der Waals surface area contributed by atoms with Crippen LogP contribution in [-0.2, 0) is 4.79 Å². The highest BCUT2D eigenvalue weighted by atomic mass is 16.2. The van der Waals surface area contributed by atoms with Crippen LogP contribution in [0.1, 0.15) is 49.4 Å². The molecule has 1 N–H and O–H groups in total. The van der Waals surface area contributed by atoms with Gasteiger partial charge in [0.25, 0.3) is 5.91 Å². The number of hydrogen-bond donors (Lipinski definition) is 1. The third kappa shape index (κ3) is 3.93. The van der Waals surface area contributed by atoms with E-state index in [0.717, 1.165) is 43.2 Å². The van der Waals surface area contributed by atoms with Gasteiger partial charge in [-0.2, -0.15) is 0 Å². The number of benzene rings is 1. The molecule has 5 nitrogen and oxygen atoms in total. The molecular formula is C23H27N3O2. The van der Waals surface area contributed by atoms with Gasteiger partial charge in [-0.3, -0.25) is 14.6 Å². The monoisotopic (exact) mass is 377 g/mol. The van der Waals surface area contributed by atoms with Crippen LogP contribution in [0.4, 0.5) is 0 Å². The van der Waals surface area contributed by atoms with Crippen molar-refractivity contribution >= 4 is 11.8 Å². The summed E-state index contributed by atoms with van der Waals surface area (Å²) >= 11 is 0. The summed E-state index contributed by atoms with van der Waals surface area (Å²) in [6.07, 6.45) is 8.18. The van der Waals surface area contributed by atoms with Crippen LogP contribution in [0.15, 0.2) is 48.8 Å². The molecule has 1 heterocycles. The topological polar surface area (TPSA) is 62.3 Å². The van der Waals surface area contributed by atoms with E-state index >= 15 is 0 Å². The number of pyridine rings is 1. The van der Waals surface area contributed by atoms with E-state index in [-0.39, 0.29) is 29.3 Å². The van der Waals surface area contributed by atoms with Crippen LogP contribution in [0.3, 0.4) is 0 Å². The Bertz CT molecular complexity index is 859. The Morgan fingerprint density at radius 1 is 1.11 bits per heavy atom. The first-order valence-corrected chi connectivity index (χ1v) is 10.0. The number of aromatic nitrogens is 1. The molecule has 28 heavy (non-hydrogen) atoms. The summed E-state index contributed by atoms with van der Waals surface area (Å²) in [5.41, 5.74) is 2.77. The van der Waals surface area contributed by atoms with Crippen LogP contribution in [0.5, 0.6) is 0 Å². The first kappa shape index (κ1) is 18.7. The molecule has 1 aromatic heterocycles. The number of rotatable bonds is 5. The number of nitrogens with zero attached hydrogens (tertiary/aromatic N) is 2. The zero-order valence-corrected chi connectivity index (χ0v) is 16.5. The Morgan fingerprint density at radius 2 is 1.86 bits per heavy atom. The second kappa shape index (κ2) is 7.38. The molecule has 2 atom stereocenters. The maximum absolute atomic E-state index is 12.9. The number of hydrogen-bond acceptors (Lipinski definition) is 3. The van der Waals surface area contributed by atoms with Gasteiger partial charge in [-0.15, -0.1) is 0 Å². The predicted octanol–water partition coefficient (Wildman–Crippen LogP) is 3.66. The van der Waals surface area contributed by atoms with Gasteiger partial charge in [0, 0.05) is 42.5 Å². The minimum atomic E-state index is 0.0120. The van der Waals surface area contributed by atoms with Crippen molar-refractivity contribution in [2.45, 2.75) is 50.6 Å².